The molecule has 0 radical (unpaired) electrons. The fraction of sp³-hybridized carbons (Fsp3) is 0.368. The van der Waals surface area contributed by atoms with Gasteiger partial charge in [-0.15, -0.1) is 0 Å². The largest absolute Gasteiger partial charge is 0.369 e. The molecule has 0 aliphatic rings. The number of fused-ring (bicyclic) bond motifs is 3. The Morgan fingerprint density at radius 2 is 1.89 bits per heavy atom. The van der Waals surface area contributed by atoms with Crippen LogP contribution in [0.15, 0.2) is 39.9 Å². The average Bonchev–Trinajstić information content (AvgIpc) is 3.27. The topological polar surface area (TPSA) is 87.5 Å². The molecule has 0 atom stereocenters. The molecule has 0 saturated carbocycles. The van der Waals surface area contributed by atoms with E-state index in [2.05, 4.69) is 15.1 Å². The lowest BCUT2D eigenvalue weighted by Crippen LogP contribution is -2.24. The monoisotopic (exact) mass is 367 g/mol. The standard InChI is InChI=1S/C19H21N5O3/c1-11(2)24-14-8-6-5-7-13(14)23-10-20-16(17(23)19(24)25)18-21-15(27-22-18)9-26-12(3)4/h5-8,10-12H,9H2,1-4H3. The van der Waals surface area contributed by atoms with E-state index in [0.717, 1.165) is 11.0 Å². The molecule has 140 valence electrons. The lowest BCUT2D eigenvalue weighted by Gasteiger charge is -2.15. The van der Waals surface area contributed by atoms with Gasteiger partial charge in [-0.1, -0.05) is 17.3 Å². The molecule has 0 aliphatic carbocycles. The summed E-state index contributed by atoms with van der Waals surface area (Å²) < 4.78 is 14.3. The average molecular weight is 367 g/mol. The van der Waals surface area contributed by atoms with Crippen LogP contribution in [0, 0.1) is 0 Å². The van der Waals surface area contributed by atoms with Gasteiger partial charge in [0.2, 0.25) is 5.82 Å². The van der Waals surface area contributed by atoms with E-state index in [0.29, 0.717) is 17.1 Å². The summed E-state index contributed by atoms with van der Waals surface area (Å²) in [5, 5.41) is 3.99. The van der Waals surface area contributed by atoms with E-state index in [1.165, 1.54) is 0 Å². The third-order valence-corrected chi connectivity index (χ3v) is 4.33. The van der Waals surface area contributed by atoms with Crippen LogP contribution in [0.25, 0.3) is 28.1 Å². The molecule has 4 rings (SSSR count). The molecular formula is C19H21N5O3. The van der Waals surface area contributed by atoms with Crippen LogP contribution in [0.5, 0.6) is 0 Å². The Kier molecular flexibility index (Phi) is 4.27. The van der Waals surface area contributed by atoms with Gasteiger partial charge in [0, 0.05) is 6.04 Å². The van der Waals surface area contributed by atoms with Crippen molar-refractivity contribution in [3.8, 4) is 11.5 Å². The highest BCUT2D eigenvalue weighted by Crippen LogP contribution is 2.24. The number of hydrogen-bond acceptors (Lipinski definition) is 6. The van der Waals surface area contributed by atoms with Gasteiger partial charge >= 0.3 is 0 Å². The summed E-state index contributed by atoms with van der Waals surface area (Å²) in [4.78, 5) is 22.0. The number of imidazole rings is 1. The van der Waals surface area contributed by atoms with Gasteiger partial charge < -0.3 is 13.8 Å². The third kappa shape index (κ3) is 2.91. The summed E-state index contributed by atoms with van der Waals surface area (Å²) in [7, 11) is 0. The number of hydrogen-bond donors (Lipinski definition) is 0. The number of aromatic nitrogens is 5. The Morgan fingerprint density at radius 3 is 2.59 bits per heavy atom. The molecule has 0 bridgehead atoms. The number of nitrogens with zero attached hydrogens (tertiary/aromatic N) is 5. The van der Waals surface area contributed by atoms with Gasteiger partial charge in [-0.2, -0.15) is 4.98 Å². The van der Waals surface area contributed by atoms with Gasteiger partial charge in [0.1, 0.15) is 24.1 Å². The van der Waals surface area contributed by atoms with Gasteiger partial charge in [0.05, 0.1) is 17.1 Å². The van der Waals surface area contributed by atoms with Crippen molar-refractivity contribution >= 4 is 16.6 Å². The lowest BCUT2D eigenvalue weighted by molar-refractivity contribution is 0.0485. The second-order valence-electron chi connectivity index (χ2n) is 6.94. The zero-order valence-corrected chi connectivity index (χ0v) is 15.7. The number of benzene rings is 1. The first-order chi connectivity index (χ1) is 13.0. The molecule has 0 unspecified atom stereocenters. The van der Waals surface area contributed by atoms with Crippen molar-refractivity contribution < 1.29 is 9.26 Å². The molecule has 0 aliphatic heterocycles. The molecule has 1 aromatic carbocycles. The molecule has 3 aromatic heterocycles. The van der Waals surface area contributed by atoms with Crippen molar-refractivity contribution in [2.45, 2.75) is 46.4 Å². The maximum absolute atomic E-state index is 13.3. The van der Waals surface area contributed by atoms with E-state index >= 15 is 0 Å². The van der Waals surface area contributed by atoms with Crippen LogP contribution in [-0.4, -0.2) is 30.2 Å². The maximum atomic E-state index is 13.3. The quantitative estimate of drug-likeness (QED) is 0.538. The van der Waals surface area contributed by atoms with Gasteiger partial charge in [0.15, 0.2) is 0 Å². The third-order valence-electron chi connectivity index (χ3n) is 4.33. The summed E-state index contributed by atoms with van der Waals surface area (Å²) >= 11 is 0. The first-order valence-electron chi connectivity index (χ1n) is 8.92. The van der Waals surface area contributed by atoms with Gasteiger partial charge in [-0.05, 0) is 39.8 Å². The summed E-state index contributed by atoms with van der Waals surface area (Å²) in [5.74, 6) is 0.632. The fourth-order valence-corrected chi connectivity index (χ4v) is 3.15. The van der Waals surface area contributed by atoms with Crippen molar-refractivity contribution in [2.24, 2.45) is 0 Å². The van der Waals surface area contributed by atoms with E-state index in [1.54, 1.807) is 15.3 Å². The van der Waals surface area contributed by atoms with Crippen LogP contribution >= 0.6 is 0 Å². The molecule has 0 fully saturated rings. The highest BCUT2D eigenvalue weighted by atomic mass is 16.5. The molecule has 27 heavy (non-hydrogen) atoms. The second kappa shape index (κ2) is 6.62. The number of rotatable bonds is 5. The smallest absolute Gasteiger partial charge is 0.278 e. The molecule has 4 aromatic rings. The van der Waals surface area contributed by atoms with Gasteiger partial charge in [-0.3, -0.25) is 9.20 Å². The van der Waals surface area contributed by atoms with Crippen LogP contribution in [0.2, 0.25) is 0 Å². The van der Waals surface area contributed by atoms with E-state index in [1.807, 2.05) is 52.0 Å². The predicted molar refractivity (Wildman–Crippen MR) is 101 cm³/mol. The zero-order chi connectivity index (χ0) is 19.1. The molecule has 3 heterocycles. The fourth-order valence-electron chi connectivity index (χ4n) is 3.15. The van der Waals surface area contributed by atoms with Crippen molar-refractivity contribution in [1.82, 2.24) is 24.1 Å². The molecule has 8 heteroatoms. The Morgan fingerprint density at radius 1 is 1.15 bits per heavy atom. The molecule has 0 saturated heterocycles. The molecule has 8 nitrogen and oxygen atoms in total. The Balaban J connectivity index is 1.92. The highest BCUT2D eigenvalue weighted by molar-refractivity contribution is 5.83. The number of ether oxygens (including phenoxy) is 1. The Labute approximate surface area is 155 Å². The molecule has 0 spiro atoms. The van der Waals surface area contributed by atoms with Crippen molar-refractivity contribution in [1.29, 1.82) is 0 Å². The molecule has 0 N–H and O–H groups in total. The van der Waals surface area contributed by atoms with Crippen molar-refractivity contribution in [3.63, 3.8) is 0 Å². The SMILES string of the molecule is CC(C)OCc1nc(-c2ncn3c2c(=O)n(C(C)C)c2ccccc23)no1. The minimum atomic E-state index is -0.138. The summed E-state index contributed by atoms with van der Waals surface area (Å²) in [6.45, 7) is 8.04. The summed E-state index contributed by atoms with van der Waals surface area (Å²) in [6.07, 6.45) is 1.68. The molecule has 0 amide bonds. The molecular weight excluding hydrogens is 346 g/mol. The van der Waals surface area contributed by atoms with Crippen LogP contribution < -0.4 is 5.56 Å². The lowest BCUT2D eigenvalue weighted by atomic mass is 10.2. The minimum absolute atomic E-state index is 0.00424. The zero-order valence-electron chi connectivity index (χ0n) is 15.7. The minimum Gasteiger partial charge on any atom is -0.369 e. The number of para-hydroxylation sites is 2. The first kappa shape index (κ1) is 17.4. The van der Waals surface area contributed by atoms with Crippen molar-refractivity contribution in [3.05, 3.63) is 46.8 Å². The van der Waals surface area contributed by atoms with Crippen LogP contribution in [0.4, 0.5) is 0 Å². The Bertz CT molecular complexity index is 1170. The van der Waals surface area contributed by atoms with E-state index < -0.39 is 0 Å². The Hall–Kier alpha value is -3.00. The second-order valence-corrected chi connectivity index (χ2v) is 6.94. The maximum Gasteiger partial charge on any atom is 0.278 e. The van der Waals surface area contributed by atoms with Crippen LogP contribution in [-0.2, 0) is 11.3 Å². The predicted octanol–water partition coefficient (Wildman–Crippen LogP) is 3.21. The van der Waals surface area contributed by atoms with Crippen LogP contribution in [0.3, 0.4) is 0 Å². The highest BCUT2D eigenvalue weighted by Gasteiger charge is 2.21. The summed E-state index contributed by atoms with van der Waals surface area (Å²) in [6, 6.07) is 7.75. The van der Waals surface area contributed by atoms with Gasteiger partial charge in [0.25, 0.3) is 11.4 Å². The summed E-state index contributed by atoms with van der Waals surface area (Å²) in [5.41, 5.74) is 2.44. The van der Waals surface area contributed by atoms with E-state index in [4.69, 9.17) is 9.26 Å². The van der Waals surface area contributed by atoms with E-state index in [-0.39, 0.29) is 30.1 Å². The van der Waals surface area contributed by atoms with Gasteiger partial charge in [-0.25, -0.2) is 4.98 Å². The normalized spacial score (nSPS) is 12.1. The first-order valence-corrected chi connectivity index (χ1v) is 8.92. The van der Waals surface area contributed by atoms with Crippen molar-refractivity contribution in [2.75, 3.05) is 0 Å². The van der Waals surface area contributed by atoms with E-state index in [9.17, 15) is 4.79 Å². The van der Waals surface area contributed by atoms with Crippen LogP contribution in [0.1, 0.15) is 39.6 Å².